The maximum absolute atomic E-state index is 11.5. The van der Waals surface area contributed by atoms with Crippen molar-refractivity contribution in [3.8, 4) is 0 Å². The number of fused-ring (bicyclic) bond motifs is 1. The van der Waals surface area contributed by atoms with Crippen LogP contribution in [0.4, 0.5) is 5.82 Å². The molecule has 0 aliphatic carbocycles. The molecule has 2 aromatic heterocycles. The Labute approximate surface area is 98.6 Å². The fraction of sp³-hybridized carbons (Fsp3) is 0.364. The average Bonchev–Trinajstić information content (AvgIpc) is 2.83. The number of ether oxygens (including phenoxy) is 1. The smallest absolute Gasteiger partial charge is 0.328 e. The molecule has 2 heterocycles. The average molecular weight is 234 g/mol. The Balaban J connectivity index is 2.28. The van der Waals surface area contributed by atoms with Gasteiger partial charge >= 0.3 is 5.97 Å². The topological polar surface area (TPSA) is 68.5 Å². The number of anilines is 1. The van der Waals surface area contributed by atoms with Gasteiger partial charge in [0.2, 0.25) is 0 Å². The van der Waals surface area contributed by atoms with E-state index in [0.29, 0.717) is 12.2 Å². The number of rotatable bonds is 4. The van der Waals surface area contributed by atoms with Crippen LogP contribution in [0.25, 0.3) is 5.52 Å². The number of hydrogen-bond acceptors (Lipinski definition) is 5. The molecular formula is C11H14N4O2. The van der Waals surface area contributed by atoms with Crippen molar-refractivity contribution in [2.45, 2.75) is 19.4 Å². The molecule has 90 valence electrons. The lowest BCUT2D eigenvalue weighted by molar-refractivity contribution is -0.141. The molecule has 0 aliphatic rings. The van der Waals surface area contributed by atoms with E-state index in [2.05, 4.69) is 15.4 Å². The van der Waals surface area contributed by atoms with Crippen LogP contribution in [0.3, 0.4) is 0 Å². The van der Waals surface area contributed by atoms with Gasteiger partial charge in [-0.3, -0.25) is 0 Å². The van der Waals surface area contributed by atoms with Gasteiger partial charge in [-0.1, -0.05) is 6.92 Å². The van der Waals surface area contributed by atoms with Crippen LogP contribution in [0.15, 0.2) is 24.7 Å². The molecule has 1 N–H and O–H groups in total. The summed E-state index contributed by atoms with van der Waals surface area (Å²) >= 11 is 0. The number of methoxy groups -OCH3 is 1. The maximum Gasteiger partial charge on any atom is 0.328 e. The Morgan fingerprint density at radius 2 is 2.41 bits per heavy atom. The number of esters is 1. The van der Waals surface area contributed by atoms with E-state index in [-0.39, 0.29) is 5.97 Å². The first-order chi connectivity index (χ1) is 8.26. The predicted molar refractivity (Wildman–Crippen MR) is 62.7 cm³/mol. The van der Waals surface area contributed by atoms with E-state index in [4.69, 9.17) is 4.74 Å². The van der Waals surface area contributed by atoms with E-state index < -0.39 is 6.04 Å². The predicted octanol–water partition coefficient (Wildman–Crippen LogP) is 1.09. The van der Waals surface area contributed by atoms with Crippen molar-refractivity contribution in [2.24, 2.45) is 0 Å². The first-order valence-electron chi connectivity index (χ1n) is 5.39. The second-order valence-corrected chi connectivity index (χ2v) is 3.57. The molecular weight excluding hydrogens is 220 g/mol. The highest BCUT2D eigenvalue weighted by Gasteiger charge is 2.18. The number of carbonyl (C=O) groups is 1. The molecule has 0 fully saturated rings. The number of nitrogens with zero attached hydrogens (tertiary/aromatic N) is 3. The Morgan fingerprint density at radius 3 is 3.12 bits per heavy atom. The molecule has 1 atom stereocenters. The molecule has 0 radical (unpaired) electrons. The van der Waals surface area contributed by atoms with Crippen molar-refractivity contribution in [3.05, 3.63) is 24.7 Å². The molecule has 6 nitrogen and oxygen atoms in total. The molecule has 0 bridgehead atoms. The van der Waals surface area contributed by atoms with Crippen molar-refractivity contribution in [3.63, 3.8) is 0 Å². The lowest BCUT2D eigenvalue weighted by Gasteiger charge is -2.15. The summed E-state index contributed by atoms with van der Waals surface area (Å²) in [5.74, 6) is 0.332. The second-order valence-electron chi connectivity index (χ2n) is 3.57. The van der Waals surface area contributed by atoms with Gasteiger partial charge in [0.05, 0.1) is 13.3 Å². The van der Waals surface area contributed by atoms with Crippen molar-refractivity contribution in [1.29, 1.82) is 0 Å². The largest absolute Gasteiger partial charge is 0.467 e. The Hall–Kier alpha value is -2.11. The van der Waals surface area contributed by atoms with Crippen LogP contribution in [0, 0.1) is 0 Å². The monoisotopic (exact) mass is 234 g/mol. The normalized spacial score (nSPS) is 12.4. The third kappa shape index (κ3) is 2.20. The van der Waals surface area contributed by atoms with Gasteiger partial charge in [-0.15, -0.1) is 0 Å². The summed E-state index contributed by atoms with van der Waals surface area (Å²) in [6, 6.07) is 1.44. The van der Waals surface area contributed by atoms with E-state index in [0.717, 1.165) is 5.52 Å². The Kier molecular flexibility index (Phi) is 3.22. The summed E-state index contributed by atoms with van der Waals surface area (Å²) in [5.41, 5.74) is 0.829. The zero-order valence-corrected chi connectivity index (χ0v) is 9.75. The van der Waals surface area contributed by atoms with E-state index in [1.165, 1.54) is 7.11 Å². The summed E-state index contributed by atoms with van der Waals surface area (Å²) in [6.07, 6.45) is 5.69. The summed E-state index contributed by atoms with van der Waals surface area (Å²) < 4.78 is 6.41. The standard InChI is InChI=1S/C11H14N4O2/c1-3-8(11(16)17-2)14-10-9-4-5-13-15(9)7-6-12-10/h4-8H,3H2,1-2H3,(H,12,14). The fourth-order valence-corrected chi connectivity index (χ4v) is 1.60. The highest BCUT2D eigenvalue weighted by Crippen LogP contribution is 2.14. The quantitative estimate of drug-likeness (QED) is 0.802. The van der Waals surface area contributed by atoms with Gasteiger partial charge in [0.1, 0.15) is 11.6 Å². The third-order valence-corrected chi connectivity index (χ3v) is 2.53. The van der Waals surface area contributed by atoms with E-state index in [1.807, 2.05) is 13.0 Å². The lowest BCUT2D eigenvalue weighted by Crippen LogP contribution is -2.30. The number of carbonyl (C=O) groups excluding carboxylic acids is 1. The van der Waals surface area contributed by atoms with Gasteiger partial charge in [0, 0.05) is 12.4 Å². The molecule has 2 rings (SSSR count). The summed E-state index contributed by atoms with van der Waals surface area (Å²) in [4.78, 5) is 15.7. The summed E-state index contributed by atoms with van der Waals surface area (Å²) in [5, 5.41) is 7.16. The van der Waals surface area contributed by atoms with Crippen molar-refractivity contribution in [1.82, 2.24) is 14.6 Å². The van der Waals surface area contributed by atoms with Crippen LogP contribution in [0.5, 0.6) is 0 Å². The molecule has 0 saturated heterocycles. The van der Waals surface area contributed by atoms with Crippen LogP contribution in [0.1, 0.15) is 13.3 Å². The molecule has 1 unspecified atom stereocenters. The van der Waals surface area contributed by atoms with Gasteiger partial charge < -0.3 is 10.1 Å². The first-order valence-corrected chi connectivity index (χ1v) is 5.39. The number of aromatic nitrogens is 3. The molecule has 2 aromatic rings. The molecule has 6 heteroatoms. The van der Waals surface area contributed by atoms with Gasteiger partial charge in [-0.25, -0.2) is 14.3 Å². The van der Waals surface area contributed by atoms with Crippen molar-refractivity contribution in [2.75, 3.05) is 12.4 Å². The zero-order chi connectivity index (χ0) is 12.3. The Bertz CT molecular complexity index is 523. The van der Waals surface area contributed by atoms with E-state index in [1.54, 1.807) is 23.1 Å². The first kappa shape index (κ1) is 11.4. The molecule has 0 amide bonds. The van der Waals surface area contributed by atoms with Crippen LogP contribution in [-0.4, -0.2) is 33.7 Å². The lowest BCUT2D eigenvalue weighted by atomic mass is 10.2. The minimum atomic E-state index is -0.395. The highest BCUT2D eigenvalue weighted by atomic mass is 16.5. The third-order valence-electron chi connectivity index (χ3n) is 2.53. The van der Waals surface area contributed by atoms with Crippen LogP contribution in [0.2, 0.25) is 0 Å². The number of hydrogen-bond donors (Lipinski definition) is 1. The Morgan fingerprint density at radius 1 is 1.59 bits per heavy atom. The highest BCUT2D eigenvalue weighted by molar-refractivity contribution is 5.81. The van der Waals surface area contributed by atoms with Crippen molar-refractivity contribution < 1.29 is 9.53 Å². The van der Waals surface area contributed by atoms with E-state index >= 15 is 0 Å². The zero-order valence-electron chi connectivity index (χ0n) is 9.75. The van der Waals surface area contributed by atoms with Crippen LogP contribution < -0.4 is 5.32 Å². The summed E-state index contributed by atoms with van der Waals surface area (Å²) in [7, 11) is 1.37. The SMILES string of the molecule is CCC(Nc1nccn2nccc12)C(=O)OC. The maximum atomic E-state index is 11.5. The van der Waals surface area contributed by atoms with Gasteiger partial charge in [0.15, 0.2) is 5.82 Å². The number of nitrogens with one attached hydrogen (secondary N) is 1. The summed E-state index contributed by atoms with van der Waals surface area (Å²) in [6.45, 7) is 1.91. The molecule has 0 saturated carbocycles. The van der Waals surface area contributed by atoms with Crippen LogP contribution >= 0.6 is 0 Å². The van der Waals surface area contributed by atoms with E-state index in [9.17, 15) is 4.79 Å². The van der Waals surface area contributed by atoms with Gasteiger partial charge in [-0.05, 0) is 12.5 Å². The second kappa shape index (κ2) is 4.82. The molecule has 17 heavy (non-hydrogen) atoms. The van der Waals surface area contributed by atoms with Gasteiger partial charge in [0.25, 0.3) is 0 Å². The van der Waals surface area contributed by atoms with Gasteiger partial charge in [-0.2, -0.15) is 5.10 Å². The van der Waals surface area contributed by atoms with Crippen molar-refractivity contribution >= 4 is 17.3 Å². The fourth-order valence-electron chi connectivity index (χ4n) is 1.60. The molecule has 0 aromatic carbocycles. The molecule has 0 aliphatic heterocycles. The van der Waals surface area contributed by atoms with Crippen LogP contribution in [-0.2, 0) is 9.53 Å². The minimum absolute atomic E-state index is 0.296. The minimum Gasteiger partial charge on any atom is -0.467 e. The molecule has 0 spiro atoms.